The first-order chi connectivity index (χ1) is 7.84. The van der Waals surface area contributed by atoms with Gasteiger partial charge in [-0.15, -0.1) is 25.3 Å². The average molecular weight is 313 g/mol. The van der Waals surface area contributed by atoms with Crippen LogP contribution in [0.15, 0.2) is 0 Å². The van der Waals surface area contributed by atoms with Crippen molar-refractivity contribution < 1.29 is 5.11 Å². The lowest BCUT2D eigenvalue weighted by Gasteiger charge is -2.21. The number of nitrogens with zero attached hydrogens (tertiary/aromatic N) is 2. The molecule has 0 unspecified atom stereocenters. The molecular weight excluding hydrogens is 292 g/mol. The number of likely N-dealkylation sites (N-methyl/N-ethyl adjacent to an activating group) is 1. The van der Waals surface area contributed by atoms with Crippen LogP contribution in [0.5, 0.6) is 0 Å². The van der Waals surface area contributed by atoms with Crippen LogP contribution in [-0.2, 0) is 0 Å². The normalized spacial score (nSPS) is 12.1. The number of hydrogen-bond donors (Lipinski definition) is 3. The van der Waals surface area contributed by atoms with Crippen molar-refractivity contribution in [3.05, 3.63) is 0 Å². The summed E-state index contributed by atoms with van der Waals surface area (Å²) < 4.78 is 1.11. The lowest BCUT2D eigenvalue weighted by Crippen LogP contribution is -2.31. The molecule has 0 aromatic carbocycles. The zero-order valence-electron chi connectivity index (χ0n) is 10.2. The summed E-state index contributed by atoms with van der Waals surface area (Å²) in [6, 6.07) is 0. The van der Waals surface area contributed by atoms with Gasteiger partial charge < -0.3 is 14.9 Å². The van der Waals surface area contributed by atoms with E-state index in [2.05, 4.69) is 25.3 Å². The Morgan fingerprint density at radius 2 is 1.65 bits per heavy atom. The van der Waals surface area contributed by atoms with Crippen molar-refractivity contribution in [2.24, 2.45) is 0 Å². The van der Waals surface area contributed by atoms with Gasteiger partial charge >= 0.3 is 0 Å². The van der Waals surface area contributed by atoms with Crippen molar-refractivity contribution in [1.29, 1.82) is 0 Å². The molecule has 0 aliphatic rings. The van der Waals surface area contributed by atoms with Gasteiger partial charge in [0.15, 0.2) is 0 Å². The molecule has 0 heterocycles. The highest BCUT2D eigenvalue weighted by molar-refractivity contribution is 8.11. The lowest BCUT2D eigenvalue weighted by molar-refractivity contribution is 0.138. The summed E-state index contributed by atoms with van der Waals surface area (Å²) >= 11 is 17.9. The first kappa shape index (κ1) is 17.4. The number of thiocarbonyl (C=S) groups is 2. The first-order valence-electron chi connectivity index (χ1n) is 5.40. The molecule has 0 aromatic heterocycles. The second-order valence-corrected chi connectivity index (χ2v) is 6.24. The molecule has 0 rings (SSSR count). The molecule has 0 saturated heterocycles. The molecule has 0 bridgehead atoms. The first-order valence-corrected chi connectivity index (χ1v) is 7.12. The maximum absolute atomic E-state index is 9.75. The predicted octanol–water partition coefficient (Wildman–Crippen LogP) is 1.81. The molecule has 0 radical (unpaired) electrons. The minimum absolute atomic E-state index is 0.363. The number of thiol groups is 2. The van der Waals surface area contributed by atoms with Crippen molar-refractivity contribution in [3.8, 4) is 0 Å². The third-order valence-corrected chi connectivity index (χ3v) is 3.72. The minimum atomic E-state index is -0.363. The number of aliphatic hydroxyl groups is 1. The highest BCUT2D eigenvalue weighted by atomic mass is 32.1. The Bertz CT molecular complexity index is 263. The average Bonchev–Trinajstić information content (AvgIpc) is 2.23. The van der Waals surface area contributed by atoms with E-state index in [1.54, 1.807) is 4.90 Å². The van der Waals surface area contributed by atoms with Gasteiger partial charge in [-0.25, -0.2) is 0 Å². The molecule has 0 aromatic rings. The third kappa shape index (κ3) is 9.07. The van der Waals surface area contributed by atoms with Gasteiger partial charge in [-0.2, -0.15) is 0 Å². The Kier molecular flexibility index (Phi) is 9.62. The van der Waals surface area contributed by atoms with Crippen LogP contribution in [0.2, 0.25) is 0 Å². The molecule has 0 aliphatic carbocycles. The van der Waals surface area contributed by atoms with Gasteiger partial charge in [0.2, 0.25) is 0 Å². The van der Waals surface area contributed by atoms with Gasteiger partial charge in [-0.05, 0) is 19.3 Å². The van der Waals surface area contributed by atoms with Crippen LogP contribution in [0.25, 0.3) is 0 Å². The molecule has 0 aliphatic heterocycles. The zero-order chi connectivity index (χ0) is 13.4. The molecule has 3 nitrogen and oxygen atoms in total. The Hall–Kier alpha value is 0.440. The summed E-state index contributed by atoms with van der Waals surface area (Å²) in [5.74, 6) is 0. The van der Waals surface area contributed by atoms with E-state index in [1.807, 2.05) is 19.0 Å². The Morgan fingerprint density at radius 3 is 2.12 bits per heavy atom. The summed E-state index contributed by atoms with van der Waals surface area (Å²) in [6.07, 6.45) is 2.34. The fourth-order valence-electron chi connectivity index (χ4n) is 1.31. The number of hydrogen-bond acceptors (Lipinski definition) is 3. The second-order valence-electron chi connectivity index (χ2n) is 4.02. The molecule has 0 fully saturated rings. The van der Waals surface area contributed by atoms with Crippen molar-refractivity contribution in [3.63, 3.8) is 0 Å². The van der Waals surface area contributed by atoms with Gasteiger partial charge in [0.05, 0.1) is 6.10 Å². The zero-order valence-corrected chi connectivity index (χ0v) is 13.6. The van der Waals surface area contributed by atoms with Crippen LogP contribution in [0, 0.1) is 0 Å². The van der Waals surface area contributed by atoms with E-state index >= 15 is 0 Å². The van der Waals surface area contributed by atoms with E-state index in [4.69, 9.17) is 24.4 Å². The van der Waals surface area contributed by atoms with E-state index in [-0.39, 0.29) is 6.10 Å². The fourth-order valence-corrected chi connectivity index (χ4v) is 1.66. The maximum Gasteiger partial charge on any atom is 0.133 e. The molecule has 1 atom stereocenters. The van der Waals surface area contributed by atoms with Crippen LogP contribution in [0.4, 0.5) is 0 Å². The number of unbranched alkanes of at least 4 members (excludes halogenated alkanes) is 1. The van der Waals surface area contributed by atoms with E-state index in [0.29, 0.717) is 15.2 Å². The van der Waals surface area contributed by atoms with Gasteiger partial charge in [-0.1, -0.05) is 24.4 Å². The van der Waals surface area contributed by atoms with Crippen molar-refractivity contribution >= 4 is 58.3 Å². The van der Waals surface area contributed by atoms with Crippen LogP contribution >= 0.6 is 49.7 Å². The van der Waals surface area contributed by atoms with Crippen molar-refractivity contribution in [1.82, 2.24) is 9.80 Å². The van der Waals surface area contributed by atoms with E-state index in [9.17, 15) is 5.11 Å². The van der Waals surface area contributed by atoms with Crippen LogP contribution < -0.4 is 0 Å². The van der Waals surface area contributed by atoms with Crippen molar-refractivity contribution in [2.75, 3.05) is 27.2 Å². The van der Waals surface area contributed by atoms with Crippen LogP contribution in [0.3, 0.4) is 0 Å². The third-order valence-electron chi connectivity index (χ3n) is 2.42. The standard InChI is InChI=1S/C10H20N2OS4/c1-11(9(14)15)6-4-3-5-8(13)7-12(2)10(16)17/h8,13H,3-7H2,1-2H3,(H,14,15)(H,16,17)/t8-/m0/s1. The summed E-state index contributed by atoms with van der Waals surface area (Å²) in [5, 5.41) is 9.75. The van der Waals surface area contributed by atoms with Crippen LogP contribution in [-0.4, -0.2) is 56.8 Å². The number of rotatable bonds is 7. The predicted molar refractivity (Wildman–Crippen MR) is 88.3 cm³/mol. The second kappa shape index (κ2) is 9.38. The van der Waals surface area contributed by atoms with E-state index < -0.39 is 0 Å². The maximum atomic E-state index is 9.75. The molecule has 7 heteroatoms. The Morgan fingerprint density at radius 1 is 1.12 bits per heavy atom. The smallest absolute Gasteiger partial charge is 0.133 e. The molecule has 1 N–H and O–H groups in total. The topological polar surface area (TPSA) is 26.7 Å². The largest absolute Gasteiger partial charge is 0.391 e. The number of aliphatic hydroxyl groups excluding tert-OH is 1. The Labute approximate surface area is 125 Å². The quantitative estimate of drug-likeness (QED) is 0.379. The molecule has 100 valence electrons. The summed E-state index contributed by atoms with van der Waals surface area (Å²) in [7, 11) is 3.74. The summed E-state index contributed by atoms with van der Waals surface area (Å²) in [5.41, 5.74) is 0. The molecule has 0 spiro atoms. The van der Waals surface area contributed by atoms with Gasteiger partial charge in [0.1, 0.15) is 8.64 Å². The van der Waals surface area contributed by atoms with E-state index in [1.165, 1.54) is 0 Å². The highest BCUT2D eigenvalue weighted by Crippen LogP contribution is 2.05. The highest BCUT2D eigenvalue weighted by Gasteiger charge is 2.09. The van der Waals surface area contributed by atoms with Gasteiger partial charge in [-0.3, -0.25) is 0 Å². The SMILES string of the molecule is CN(CCCC[C@H](O)CN(C)C(=S)S)C(=S)S. The summed E-state index contributed by atoms with van der Waals surface area (Å²) in [4.78, 5) is 3.68. The summed E-state index contributed by atoms with van der Waals surface area (Å²) in [6.45, 7) is 1.40. The molecule has 17 heavy (non-hydrogen) atoms. The van der Waals surface area contributed by atoms with Crippen molar-refractivity contribution in [2.45, 2.75) is 25.4 Å². The monoisotopic (exact) mass is 312 g/mol. The van der Waals surface area contributed by atoms with Gasteiger partial charge in [0.25, 0.3) is 0 Å². The lowest BCUT2D eigenvalue weighted by atomic mass is 10.1. The fraction of sp³-hybridized carbons (Fsp3) is 0.800. The van der Waals surface area contributed by atoms with Crippen LogP contribution in [0.1, 0.15) is 19.3 Å². The molecule has 0 amide bonds. The molecule has 0 saturated carbocycles. The minimum Gasteiger partial charge on any atom is -0.391 e. The molecular formula is C10H20N2OS4. The van der Waals surface area contributed by atoms with E-state index in [0.717, 1.165) is 25.8 Å². The van der Waals surface area contributed by atoms with Gasteiger partial charge in [0, 0.05) is 27.2 Å². The Balaban J connectivity index is 3.61.